The molecule has 0 saturated carbocycles. The highest BCUT2D eigenvalue weighted by Crippen LogP contribution is 2.38. The van der Waals surface area contributed by atoms with Gasteiger partial charge in [0.05, 0.1) is 0 Å². The number of allylic oxidation sites excluding steroid dienone is 1. The third kappa shape index (κ3) is 1.87. The zero-order valence-electron chi connectivity index (χ0n) is 5.58. The molecule has 0 amide bonds. The van der Waals surface area contributed by atoms with E-state index in [-0.39, 0.29) is 0 Å². The minimum absolute atomic E-state index is 1.79. The van der Waals surface area contributed by atoms with E-state index in [0.29, 0.717) is 0 Å². The molecule has 13 heavy (non-hydrogen) atoms. The number of rotatable bonds is 0. The molecule has 0 radical (unpaired) electrons. The van der Waals surface area contributed by atoms with E-state index in [4.69, 9.17) is 0 Å². The third-order valence-electron chi connectivity index (χ3n) is 0.967. The molecule has 0 aliphatic carbocycles. The van der Waals surface area contributed by atoms with E-state index >= 15 is 0 Å². The molecule has 1 aliphatic rings. The number of halogens is 6. The summed E-state index contributed by atoms with van der Waals surface area (Å²) < 4.78 is 77.0. The predicted octanol–water partition coefficient (Wildman–Crippen LogP) is 2.80. The maximum atomic E-state index is 12.1. The SMILES string of the molecule is FC(F)=C1OC(F)=C(C(F)(F)F)O1. The van der Waals surface area contributed by atoms with Crippen molar-refractivity contribution in [3.05, 3.63) is 23.8 Å². The molecular weight excluding hydrogens is 206 g/mol. The molecule has 0 N–H and O–H groups in total. The minimum Gasteiger partial charge on any atom is -0.410 e. The van der Waals surface area contributed by atoms with Crippen molar-refractivity contribution in [3.8, 4) is 0 Å². The van der Waals surface area contributed by atoms with Crippen molar-refractivity contribution < 1.29 is 35.8 Å². The largest absolute Gasteiger partial charge is 0.456 e. The standard InChI is InChI=1S/C5F6O2/c6-2(7)4-12-1(3(8)13-4)5(9,10)11. The minimum atomic E-state index is -5.19. The highest BCUT2D eigenvalue weighted by molar-refractivity contribution is 5.12. The summed E-state index contributed by atoms with van der Waals surface area (Å²) in [6.45, 7) is 0. The van der Waals surface area contributed by atoms with Gasteiger partial charge in [0.2, 0.25) is 0 Å². The van der Waals surface area contributed by atoms with Crippen LogP contribution in [0.25, 0.3) is 0 Å². The lowest BCUT2D eigenvalue weighted by Gasteiger charge is -2.03. The smallest absolute Gasteiger partial charge is 0.410 e. The van der Waals surface area contributed by atoms with Gasteiger partial charge in [0.15, 0.2) is 0 Å². The summed E-state index contributed by atoms with van der Waals surface area (Å²) in [5.41, 5.74) is 0. The van der Waals surface area contributed by atoms with Gasteiger partial charge in [-0.3, -0.25) is 0 Å². The number of alkyl halides is 3. The molecule has 0 bridgehead atoms. The summed E-state index contributed by atoms with van der Waals surface area (Å²) in [5.74, 6) is -4.00. The zero-order valence-corrected chi connectivity index (χ0v) is 5.58. The van der Waals surface area contributed by atoms with Crippen molar-refractivity contribution in [2.75, 3.05) is 0 Å². The molecule has 0 fully saturated rings. The van der Waals surface area contributed by atoms with Crippen LogP contribution in [0.4, 0.5) is 26.3 Å². The molecule has 1 aliphatic heterocycles. The van der Waals surface area contributed by atoms with Crippen molar-refractivity contribution in [3.63, 3.8) is 0 Å². The van der Waals surface area contributed by atoms with Crippen LogP contribution in [0.1, 0.15) is 0 Å². The molecule has 0 atom stereocenters. The second kappa shape index (κ2) is 2.86. The first-order valence-electron chi connectivity index (χ1n) is 2.70. The van der Waals surface area contributed by atoms with Gasteiger partial charge in [0, 0.05) is 0 Å². The quantitative estimate of drug-likeness (QED) is 0.567. The fourth-order valence-corrected chi connectivity index (χ4v) is 0.528. The fraction of sp³-hybridized carbons (Fsp3) is 0.200. The molecule has 0 unspecified atom stereocenters. The summed E-state index contributed by atoms with van der Waals surface area (Å²) in [5, 5.41) is 0. The van der Waals surface area contributed by atoms with Crippen molar-refractivity contribution in [1.29, 1.82) is 0 Å². The van der Waals surface area contributed by atoms with Gasteiger partial charge in [-0.15, -0.1) is 0 Å². The Morgan fingerprint density at radius 3 is 1.85 bits per heavy atom. The molecule has 0 spiro atoms. The van der Waals surface area contributed by atoms with Gasteiger partial charge in [-0.2, -0.15) is 26.3 Å². The van der Waals surface area contributed by atoms with E-state index in [1.807, 2.05) is 0 Å². The lowest BCUT2D eigenvalue weighted by Crippen LogP contribution is -2.12. The fourth-order valence-electron chi connectivity index (χ4n) is 0.528. The van der Waals surface area contributed by atoms with Gasteiger partial charge >= 0.3 is 24.2 Å². The van der Waals surface area contributed by atoms with Gasteiger partial charge in [-0.25, -0.2) is 0 Å². The average Bonchev–Trinajstić information content (AvgIpc) is 2.29. The van der Waals surface area contributed by atoms with Gasteiger partial charge in [-0.1, -0.05) is 0 Å². The van der Waals surface area contributed by atoms with Gasteiger partial charge in [-0.05, 0) is 0 Å². The predicted molar refractivity (Wildman–Crippen MR) is 25.6 cm³/mol. The summed E-state index contributed by atoms with van der Waals surface area (Å²) in [6.07, 6.45) is -7.87. The van der Waals surface area contributed by atoms with Crippen LogP contribution in [0.2, 0.25) is 0 Å². The highest BCUT2D eigenvalue weighted by atomic mass is 19.4. The molecule has 0 saturated heterocycles. The third-order valence-corrected chi connectivity index (χ3v) is 0.967. The second-order valence-corrected chi connectivity index (χ2v) is 1.85. The Labute approximate surface area is 67.0 Å². The molecule has 1 heterocycles. The van der Waals surface area contributed by atoms with Crippen molar-refractivity contribution in [1.82, 2.24) is 0 Å². The Morgan fingerprint density at radius 2 is 1.62 bits per heavy atom. The number of ether oxygens (including phenoxy) is 2. The van der Waals surface area contributed by atoms with Crippen molar-refractivity contribution >= 4 is 0 Å². The monoisotopic (exact) mass is 206 g/mol. The molecule has 2 nitrogen and oxygen atoms in total. The van der Waals surface area contributed by atoms with E-state index in [1.54, 1.807) is 0 Å². The zero-order chi connectivity index (χ0) is 10.2. The topological polar surface area (TPSA) is 18.5 Å². The first-order chi connectivity index (χ1) is 5.82. The number of hydrogen-bond acceptors (Lipinski definition) is 2. The van der Waals surface area contributed by atoms with Crippen LogP contribution in [-0.4, -0.2) is 6.18 Å². The molecule has 74 valence electrons. The van der Waals surface area contributed by atoms with Gasteiger partial charge in [0.25, 0.3) is 5.76 Å². The van der Waals surface area contributed by atoms with Crippen LogP contribution in [0.15, 0.2) is 23.8 Å². The first-order valence-corrected chi connectivity index (χ1v) is 2.70. The Bertz CT molecular complexity index is 284. The Balaban J connectivity index is 2.93. The lowest BCUT2D eigenvalue weighted by atomic mass is 10.5. The highest BCUT2D eigenvalue weighted by Gasteiger charge is 2.46. The average molecular weight is 206 g/mol. The van der Waals surface area contributed by atoms with Crippen LogP contribution >= 0.6 is 0 Å². The van der Waals surface area contributed by atoms with Crippen LogP contribution in [0.3, 0.4) is 0 Å². The molecule has 0 aromatic heterocycles. The Kier molecular flexibility index (Phi) is 2.14. The summed E-state index contributed by atoms with van der Waals surface area (Å²) in [7, 11) is 0. The van der Waals surface area contributed by atoms with E-state index in [0.717, 1.165) is 0 Å². The first kappa shape index (κ1) is 9.75. The molecule has 8 heteroatoms. The molecule has 0 aromatic rings. The Morgan fingerprint density at radius 1 is 1.08 bits per heavy atom. The van der Waals surface area contributed by atoms with E-state index < -0.39 is 30.0 Å². The lowest BCUT2D eigenvalue weighted by molar-refractivity contribution is -0.124. The van der Waals surface area contributed by atoms with Crippen LogP contribution < -0.4 is 0 Å². The van der Waals surface area contributed by atoms with Crippen LogP contribution in [-0.2, 0) is 9.47 Å². The van der Waals surface area contributed by atoms with Gasteiger partial charge in [0.1, 0.15) is 0 Å². The van der Waals surface area contributed by atoms with E-state index in [9.17, 15) is 26.3 Å². The summed E-state index contributed by atoms with van der Waals surface area (Å²) in [4.78, 5) is 0. The van der Waals surface area contributed by atoms with E-state index in [1.165, 1.54) is 0 Å². The Hall–Kier alpha value is -1.34. The van der Waals surface area contributed by atoms with Crippen LogP contribution in [0.5, 0.6) is 0 Å². The maximum Gasteiger partial charge on any atom is 0.456 e. The molecule has 0 aromatic carbocycles. The second-order valence-electron chi connectivity index (χ2n) is 1.85. The normalized spacial score (nSPS) is 17.2. The summed E-state index contributed by atoms with van der Waals surface area (Å²) in [6, 6.07) is -2.23. The maximum absolute atomic E-state index is 12.1. The van der Waals surface area contributed by atoms with Crippen molar-refractivity contribution in [2.24, 2.45) is 0 Å². The van der Waals surface area contributed by atoms with E-state index in [2.05, 4.69) is 9.47 Å². The molecular formula is C5F6O2. The van der Waals surface area contributed by atoms with Gasteiger partial charge < -0.3 is 9.47 Å². The number of hydrogen-bond donors (Lipinski definition) is 0. The van der Waals surface area contributed by atoms with Crippen LogP contribution in [0, 0.1) is 0 Å². The summed E-state index contributed by atoms with van der Waals surface area (Å²) >= 11 is 0. The van der Waals surface area contributed by atoms with Crippen molar-refractivity contribution in [2.45, 2.75) is 6.18 Å². The molecule has 1 rings (SSSR count).